The minimum absolute atomic E-state index is 0.0516. The third-order valence-corrected chi connectivity index (χ3v) is 2.86. The summed E-state index contributed by atoms with van der Waals surface area (Å²) in [5, 5.41) is 2.86. The average molecular weight is 248 g/mol. The highest BCUT2D eigenvalue weighted by atomic mass is 16.6. The molecule has 1 aliphatic heterocycles. The van der Waals surface area contributed by atoms with Crippen molar-refractivity contribution in [2.45, 2.75) is 13.0 Å². The van der Waals surface area contributed by atoms with Crippen molar-refractivity contribution in [1.29, 1.82) is 0 Å². The molecule has 0 radical (unpaired) electrons. The molecule has 1 fully saturated rings. The Balaban J connectivity index is 1.86. The molecule has 1 aromatic rings. The summed E-state index contributed by atoms with van der Waals surface area (Å²) in [5.41, 5.74) is 1.04. The van der Waals surface area contributed by atoms with Crippen LogP contribution in [0.2, 0.25) is 0 Å². The summed E-state index contributed by atoms with van der Waals surface area (Å²) in [7, 11) is 0. The predicted octanol–water partition coefficient (Wildman–Crippen LogP) is 1.32. The Morgan fingerprint density at radius 2 is 2.17 bits per heavy atom. The number of carbonyl (C=O) groups is 2. The Labute approximate surface area is 106 Å². The number of hydrogen-bond acceptors (Lipinski definition) is 3. The van der Waals surface area contributed by atoms with Gasteiger partial charge in [-0.3, -0.25) is 9.69 Å². The third kappa shape index (κ3) is 3.00. The first kappa shape index (κ1) is 12.4. The van der Waals surface area contributed by atoms with E-state index in [0.717, 1.165) is 5.56 Å². The van der Waals surface area contributed by atoms with Crippen LogP contribution in [0.1, 0.15) is 18.5 Å². The molecule has 2 amide bonds. The van der Waals surface area contributed by atoms with Crippen LogP contribution in [0.5, 0.6) is 0 Å². The second-order valence-electron chi connectivity index (χ2n) is 4.24. The number of carbonyl (C=O) groups excluding carboxylic acids is 2. The summed E-state index contributed by atoms with van der Waals surface area (Å²) in [6.07, 6.45) is -0.419. The van der Waals surface area contributed by atoms with Crippen LogP contribution in [-0.4, -0.2) is 36.6 Å². The number of ether oxygens (including phenoxy) is 1. The van der Waals surface area contributed by atoms with Crippen LogP contribution in [0.4, 0.5) is 4.79 Å². The van der Waals surface area contributed by atoms with E-state index >= 15 is 0 Å². The van der Waals surface area contributed by atoms with E-state index in [-0.39, 0.29) is 18.5 Å². The van der Waals surface area contributed by atoms with Crippen molar-refractivity contribution in [1.82, 2.24) is 10.2 Å². The van der Waals surface area contributed by atoms with Gasteiger partial charge in [0.1, 0.15) is 13.2 Å². The summed E-state index contributed by atoms with van der Waals surface area (Å²) >= 11 is 0. The minimum Gasteiger partial charge on any atom is -0.448 e. The van der Waals surface area contributed by atoms with Crippen molar-refractivity contribution in [3.05, 3.63) is 35.9 Å². The second kappa shape index (κ2) is 5.53. The molecule has 1 atom stereocenters. The fraction of sp³-hybridized carbons (Fsp3) is 0.385. The second-order valence-corrected chi connectivity index (χ2v) is 4.24. The van der Waals surface area contributed by atoms with Crippen molar-refractivity contribution in [3.8, 4) is 0 Å². The van der Waals surface area contributed by atoms with Gasteiger partial charge in [0, 0.05) is 0 Å². The molecule has 96 valence electrons. The molecular formula is C13H16N2O3. The van der Waals surface area contributed by atoms with Crippen molar-refractivity contribution in [3.63, 3.8) is 0 Å². The van der Waals surface area contributed by atoms with Gasteiger partial charge in [0.15, 0.2) is 0 Å². The normalized spacial score (nSPS) is 16.3. The van der Waals surface area contributed by atoms with Gasteiger partial charge in [-0.15, -0.1) is 0 Å². The van der Waals surface area contributed by atoms with Gasteiger partial charge < -0.3 is 10.1 Å². The fourth-order valence-corrected chi connectivity index (χ4v) is 1.85. The summed E-state index contributed by atoms with van der Waals surface area (Å²) in [6.45, 7) is 2.80. The highest BCUT2D eigenvalue weighted by Crippen LogP contribution is 2.11. The van der Waals surface area contributed by atoms with E-state index in [2.05, 4.69) is 5.32 Å². The molecule has 1 unspecified atom stereocenters. The Hall–Kier alpha value is -2.04. The lowest BCUT2D eigenvalue weighted by Crippen LogP contribution is -2.38. The standard InChI is InChI=1S/C13H16N2O3/c1-10(11-5-3-2-4-6-11)14-12(16)9-15-7-8-18-13(15)17/h2-6,10H,7-9H2,1H3,(H,14,16). The van der Waals surface area contributed by atoms with Crippen molar-refractivity contribution in [2.24, 2.45) is 0 Å². The van der Waals surface area contributed by atoms with Crippen LogP contribution in [-0.2, 0) is 9.53 Å². The quantitative estimate of drug-likeness (QED) is 0.874. The van der Waals surface area contributed by atoms with Crippen molar-refractivity contribution < 1.29 is 14.3 Å². The van der Waals surface area contributed by atoms with Gasteiger partial charge in [-0.05, 0) is 12.5 Å². The number of rotatable bonds is 4. The molecule has 0 aromatic heterocycles. The zero-order chi connectivity index (χ0) is 13.0. The molecular weight excluding hydrogens is 232 g/mol. The number of amides is 2. The van der Waals surface area contributed by atoms with E-state index < -0.39 is 6.09 Å². The summed E-state index contributed by atoms with van der Waals surface area (Å²) in [5.74, 6) is -0.176. The van der Waals surface area contributed by atoms with Gasteiger partial charge in [0.2, 0.25) is 5.91 Å². The smallest absolute Gasteiger partial charge is 0.410 e. The third-order valence-electron chi connectivity index (χ3n) is 2.86. The van der Waals surface area contributed by atoms with Crippen LogP contribution in [0.15, 0.2) is 30.3 Å². The van der Waals surface area contributed by atoms with Crippen molar-refractivity contribution in [2.75, 3.05) is 19.7 Å². The van der Waals surface area contributed by atoms with E-state index in [1.807, 2.05) is 37.3 Å². The lowest BCUT2D eigenvalue weighted by molar-refractivity contribution is -0.122. The molecule has 5 heteroatoms. The predicted molar refractivity (Wildman–Crippen MR) is 65.9 cm³/mol. The fourth-order valence-electron chi connectivity index (χ4n) is 1.85. The SMILES string of the molecule is CC(NC(=O)CN1CCOC1=O)c1ccccc1. The number of hydrogen-bond donors (Lipinski definition) is 1. The summed E-state index contributed by atoms with van der Waals surface area (Å²) < 4.78 is 4.76. The Morgan fingerprint density at radius 3 is 2.78 bits per heavy atom. The Morgan fingerprint density at radius 1 is 1.44 bits per heavy atom. The molecule has 1 heterocycles. The van der Waals surface area contributed by atoms with Crippen LogP contribution in [0, 0.1) is 0 Å². The topological polar surface area (TPSA) is 58.6 Å². The molecule has 0 bridgehead atoms. The largest absolute Gasteiger partial charge is 0.448 e. The Kier molecular flexibility index (Phi) is 3.82. The maximum atomic E-state index is 11.8. The van der Waals surface area contributed by atoms with Gasteiger partial charge in [-0.25, -0.2) is 4.79 Å². The number of nitrogens with one attached hydrogen (secondary N) is 1. The molecule has 1 aliphatic rings. The van der Waals surface area contributed by atoms with E-state index in [1.54, 1.807) is 0 Å². The zero-order valence-corrected chi connectivity index (χ0v) is 10.3. The molecule has 1 aromatic carbocycles. The molecule has 2 rings (SSSR count). The maximum absolute atomic E-state index is 11.8. The number of nitrogens with zero attached hydrogens (tertiary/aromatic N) is 1. The number of cyclic esters (lactones) is 1. The van der Waals surface area contributed by atoms with Crippen LogP contribution in [0.3, 0.4) is 0 Å². The lowest BCUT2D eigenvalue weighted by atomic mass is 10.1. The van der Waals surface area contributed by atoms with E-state index in [0.29, 0.717) is 13.2 Å². The van der Waals surface area contributed by atoms with Crippen LogP contribution >= 0.6 is 0 Å². The number of benzene rings is 1. The highest BCUT2D eigenvalue weighted by molar-refractivity contribution is 5.83. The van der Waals surface area contributed by atoms with Gasteiger partial charge in [-0.1, -0.05) is 30.3 Å². The highest BCUT2D eigenvalue weighted by Gasteiger charge is 2.24. The zero-order valence-electron chi connectivity index (χ0n) is 10.3. The van der Waals surface area contributed by atoms with E-state index in [4.69, 9.17) is 4.74 Å². The van der Waals surface area contributed by atoms with Crippen LogP contribution < -0.4 is 5.32 Å². The van der Waals surface area contributed by atoms with Crippen LogP contribution in [0.25, 0.3) is 0 Å². The molecule has 1 N–H and O–H groups in total. The van der Waals surface area contributed by atoms with Gasteiger partial charge in [0.05, 0.1) is 12.6 Å². The van der Waals surface area contributed by atoms with Gasteiger partial charge >= 0.3 is 6.09 Å². The molecule has 5 nitrogen and oxygen atoms in total. The van der Waals surface area contributed by atoms with Crippen molar-refractivity contribution >= 4 is 12.0 Å². The van der Waals surface area contributed by atoms with E-state index in [1.165, 1.54) is 4.90 Å². The minimum atomic E-state index is -0.419. The van der Waals surface area contributed by atoms with Gasteiger partial charge in [-0.2, -0.15) is 0 Å². The summed E-state index contributed by atoms with van der Waals surface area (Å²) in [6, 6.07) is 9.62. The molecule has 18 heavy (non-hydrogen) atoms. The van der Waals surface area contributed by atoms with Gasteiger partial charge in [0.25, 0.3) is 0 Å². The first-order chi connectivity index (χ1) is 8.66. The molecule has 1 saturated heterocycles. The average Bonchev–Trinajstić information content (AvgIpc) is 2.76. The molecule has 0 aliphatic carbocycles. The first-order valence-corrected chi connectivity index (χ1v) is 5.93. The first-order valence-electron chi connectivity index (χ1n) is 5.93. The lowest BCUT2D eigenvalue weighted by Gasteiger charge is -2.17. The molecule has 0 saturated carbocycles. The maximum Gasteiger partial charge on any atom is 0.410 e. The summed E-state index contributed by atoms with van der Waals surface area (Å²) in [4.78, 5) is 24.4. The Bertz CT molecular complexity index is 433. The molecule has 0 spiro atoms. The monoisotopic (exact) mass is 248 g/mol. The van der Waals surface area contributed by atoms with E-state index in [9.17, 15) is 9.59 Å².